The van der Waals surface area contributed by atoms with Gasteiger partial charge in [-0.05, 0) is 30.9 Å². The number of aromatic nitrogens is 1. The fraction of sp³-hybridized carbons (Fsp3) is 0.375. The van der Waals surface area contributed by atoms with Gasteiger partial charge < -0.3 is 5.32 Å². The van der Waals surface area contributed by atoms with E-state index in [2.05, 4.69) is 10.3 Å². The molecule has 2 aromatic rings. The maximum Gasteiger partial charge on any atom is 0.253 e. The third-order valence-electron chi connectivity index (χ3n) is 3.97. The van der Waals surface area contributed by atoms with Crippen LogP contribution < -0.4 is 5.32 Å². The molecule has 2 atom stereocenters. The Hall–Kier alpha value is -1.61. The smallest absolute Gasteiger partial charge is 0.253 e. The lowest BCUT2D eigenvalue weighted by Gasteiger charge is -2.14. The summed E-state index contributed by atoms with van der Waals surface area (Å²) < 4.78 is 0. The Morgan fingerprint density at radius 3 is 2.95 bits per heavy atom. The lowest BCUT2D eigenvalue weighted by atomic mass is 10.1. The zero-order valence-electron chi connectivity index (χ0n) is 11.2. The van der Waals surface area contributed by atoms with Crippen LogP contribution in [-0.2, 0) is 0 Å². The summed E-state index contributed by atoms with van der Waals surface area (Å²) >= 11 is 6.24. The molecule has 1 heterocycles. The summed E-state index contributed by atoms with van der Waals surface area (Å²) in [6, 6.07) is 9.51. The Labute approximate surface area is 123 Å². The van der Waals surface area contributed by atoms with Gasteiger partial charge in [0.05, 0.1) is 11.1 Å². The predicted molar refractivity (Wildman–Crippen MR) is 81.1 cm³/mol. The average Bonchev–Trinajstić information content (AvgIpc) is 2.89. The van der Waals surface area contributed by atoms with E-state index < -0.39 is 0 Å². The summed E-state index contributed by atoms with van der Waals surface area (Å²) in [7, 11) is 0. The highest BCUT2D eigenvalue weighted by atomic mass is 35.5. The summed E-state index contributed by atoms with van der Waals surface area (Å²) in [5, 5.41) is 4.18. The lowest BCUT2D eigenvalue weighted by Crippen LogP contribution is -2.31. The zero-order chi connectivity index (χ0) is 13.9. The Morgan fingerprint density at radius 2 is 2.15 bits per heavy atom. The van der Waals surface area contributed by atoms with Crippen LogP contribution in [0.3, 0.4) is 0 Å². The highest BCUT2D eigenvalue weighted by molar-refractivity contribution is 6.21. The molecule has 1 fully saturated rings. The largest absolute Gasteiger partial charge is 0.352 e. The second-order valence-corrected chi connectivity index (χ2v) is 5.86. The number of alkyl halides is 1. The van der Waals surface area contributed by atoms with E-state index in [0.717, 1.165) is 30.2 Å². The number of nitrogens with zero attached hydrogens (tertiary/aromatic N) is 1. The standard InChI is InChI=1S/C16H17ClN2O/c17-14-8-2-5-12(14)10-19-16(20)13-7-1-4-11-6-3-9-18-15(11)13/h1,3-4,6-7,9,12,14H,2,5,8,10H2,(H,19,20). The molecule has 2 unspecified atom stereocenters. The number of para-hydroxylation sites is 1. The van der Waals surface area contributed by atoms with Gasteiger partial charge in [-0.1, -0.05) is 24.6 Å². The van der Waals surface area contributed by atoms with E-state index in [0.29, 0.717) is 18.0 Å². The Bertz CT molecular complexity index is 623. The van der Waals surface area contributed by atoms with Crippen LogP contribution in [0.15, 0.2) is 36.5 Å². The molecular formula is C16H17ClN2O. The molecule has 4 heteroatoms. The molecule has 0 saturated heterocycles. The molecule has 1 N–H and O–H groups in total. The van der Waals surface area contributed by atoms with Crippen LogP contribution in [0.25, 0.3) is 10.9 Å². The van der Waals surface area contributed by atoms with Gasteiger partial charge in [0.1, 0.15) is 0 Å². The van der Waals surface area contributed by atoms with E-state index in [-0.39, 0.29) is 11.3 Å². The topological polar surface area (TPSA) is 42.0 Å². The number of halogens is 1. The van der Waals surface area contributed by atoms with E-state index in [9.17, 15) is 4.79 Å². The zero-order valence-corrected chi connectivity index (χ0v) is 11.9. The quantitative estimate of drug-likeness (QED) is 0.880. The van der Waals surface area contributed by atoms with Crippen molar-refractivity contribution in [1.29, 1.82) is 0 Å². The fourth-order valence-electron chi connectivity index (χ4n) is 2.83. The van der Waals surface area contributed by atoms with Gasteiger partial charge in [-0.3, -0.25) is 9.78 Å². The molecule has 1 aromatic carbocycles. The third-order valence-corrected chi connectivity index (χ3v) is 4.54. The number of fused-ring (bicyclic) bond motifs is 1. The first-order valence-electron chi connectivity index (χ1n) is 7.02. The van der Waals surface area contributed by atoms with Crippen LogP contribution >= 0.6 is 11.6 Å². The monoisotopic (exact) mass is 288 g/mol. The second-order valence-electron chi connectivity index (χ2n) is 5.30. The van der Waals surface area contributed by atoms with E-state index in [1.165, 1.54) is 0 Å². The molecular weight excluding hydrogens is 272 g/mol. The first-order chi connectivity index (χ1) is 9.75. The summed E-state index contributed by atoms with van der Waals surface area (Å²) in [4.78, 5) is 16.6. The highest BCUT2D eigenvalue weighted by Crippen LogP contribution is 2.29. The highest BCUT2D eigenvalue weighted by Gasteiger charge is 2.25. The third kappa shape index (κ3) is 2.63. The van der Waals surface area contributed by atoms with Crippen molar-refractivity contribution in [3.8, 4) is 0 Å². The molecule has 0 bridgehead atoms. The van der Waals surface area contributed by atoms with Crippen molar-refractivity contribution in [2.45, 2.75) is 24.6 Å². The summed E-state index contributed by atoms with van der Waals surface area (Å²) in [5.74, 6) is 0.327. The molecule has 1 saturated carbocycles. The van der Waals surface area contributed by atoms with E-state index in [1.54, 1.807) is 6.20 Å². The van der Waals surface area contributed by atoms with Crippen LogP contribution in [0.4, 0.5) is 0 Å². The van der Waals surface area contributed by atoms with Crippen molar-refractivity contribution in [3.05, 3.63) is 42.1 Å². The van der Waals surface area contributed by atoms with Gasteiger partial charge in [-0.25, -0.2) is 0 Å². The predicted octanol–water partition coefficient (Wildman–Crippen LogP) is 3.37. The van der Waals surface area contributed by atoms with Crippen molar-refractivity contribution >= 4 is 28.4 Å². The summed E-state index contributed by atoms with van der Waals surface area (Å²) in [5.41, 5.74) is 1.38. The fourth-order valence-corrected chi connectivity index (χ4v) is 3.20. The number of carbonyl (C=O) groups is 1. The van der Waals surface area contributed by atoms with Crippen LogP contribution in [0.1, 0.15) is 29.6 Å². The molecule has 104 valence electrons. The van der Waals surface area contributed by atoms with Gasteiger partial charge in [-0.2, -0.15) is 0 Å². The maximum atomic E-state index is 12.3. The molecule has 0 radical (unpaired) electrons. The van der Waals surface area contributed by atoms with Crippen molar-refractivity contribution in [1.82, 2.24) is 10.3 Å². The number of benzene rings is 1. The molecule has 20 heavy (non-hydrogen) atoms. The lowest BCUT2D eigenvalue weighted by molar-refractivity contribution is 0.0949. The molecule has 1 aliphatic rings. The van der Waals surface area contributed by atoms with Crippen LogP contribution in [-0.4, -0.2) is 22.8 Å². The first-order valence-corrected chi connectivity index (χ1v) is 7.45. The molecule has 3 nitrogen and oxygen atoms in total. The number of rotatable bonds is 3. The first kappa shape index (κ1) is 13.4. The van der Waals surface area contributed by atoms with Gasteiger partial charge in [-0.15, -0.1) is 11.6 Å². The Kier molecular flexibility index (Phi) is 3.88. The van der Waals surface area contributed by atoms with Crippen molar-refractivity contribution in [2.75, 3.05) is 6.54 Å². The summed E-state index contributed by atoms with van der Waals surface area (Å²) in [6.07, 6.45) is 5.02. The molecule has 3 rings (SSSR count). The second kappa shape index (κ2) is 5.80. The SMILES string of the molecule is O=C(NCC1CCCC1Cl)c1cccc2cccnc12. The minimum atomic E-state index is -0.0648. The van der Waals surface area contributed by atoms with Gasteiger partial charge in [0.25, 0.3) is 5.91 Å². The normalized spacial score (nSPS) is 22.1. The molecule has 1 aliphatic carbocycles. The van der Waals surface area contributed by atoms with E-state index >= 15 is 0 Å². The van der Waals surface area contributed by atoms with Gasteiger partial charge in [0.15, 0.2) is 0 Å². The maximum absolute atomic E-state index is 12.3. The van der Waals surface area contributed by atoms with Gasteiger partial charge in [0.2, 0.25) is 0 Å². The van der Waals surface area contributed by atoms with Crippen LogP contribution in [0.2, 0.25) is 0 Å². The molecule has 1 aromatic heterocycles. The Morgan fingerprint density at radius 1 is 1.30 bits per heavy atom. The minimum absolute atomic E-state index is 0.0648. The number of carbonyl (C=O) groups excluding carboxylic acids is 1. The molecule has 0 spiro atoms. The number of pyridine rings is 1. The average molecular weight is 289 g/mol. The number of nitrogens with one attached hydrogen (secondary N) is 1. The van der Waals surface area contributed by atoms with Crippen molar-refractivity contribution < 1.29 is 4.79 Å². The van der Waals surface area contributed by atoms with E-state index in [1.807, 2.05) is 30.3 Å². The van der Waals surface area contributed by atoms with Crippen LogP contribution in [0, 0.1) is 5.92 Å². The Balaban J connectivity index is 1.75. The number of amides is 1. The van der Waals surface area contributed by atoms with Gasteiger partial charge >= 0.3 is 0 Å². The summed E-state index contributed by atoms with van der Waals surface area (Å²) in [6.45, 7) is 0.649. The van der Waals surface area contributed by atoms with Crippen molar-refractivity contribution in [3.63, 3.8) is 0 Å². The van der Waals surface area contributed by atoms with Crippen LogP contribution in [0.5, 0.6) is 0 Å². The van der Waals surface area contributed by atoms with E-state index in [4.69, 9.17) is 11.6 Å². The number of hydrogen-bond acceptors (Lipinski definition) is 2. The molecule has 0 aliphatic heterocycles. The van der Waals surface area contributed by atoms with Gasteiger partial charge in [0, 0.05) is 23.5 Å². The molecule has 1 amide bonds. The number of hydrogen-bond donors (Lipinski definition) is 1. The minimum Gasteiger partial charge on any atom is -0.352 e. The van der Waals surface area contributed by atoms with Crippen molar-refractivity contribution in [2.24, 2.45) is 5.92 Å².